The predicted molar refractivity (Wildman–Crippen MR) is 298 cm³/mol. The van der Waals surface area contributed by atoms with E-state index >= 15 is 4.39 Å². The minimum absolute atomic E-state index is 0.0838. The normalized spacial score (nSPS) is 20.1. The smallest absolute Gasteiger partial charge is 0.320 e. The van der Waals surface area contributed by atoms with Gasteiger partial charge in [0.1, 0.15) is 43.7 Å². The highest BCUT2D eigenvalue weighted by atomic mass is 28.4. The van der Waals surface area contributed by atoms with Crippen LogP contribution in [0, 0.1) is 17.3 Å². The number of nitrogens with zero attached hydrogens (tertiary/aromatic N) is 6. The Hall–Kier alpha value is -5.30. The minimum atomic E-state index is -3.15. The molecule has 4 aliphatic rings. The molecular formula is C60H76F2N6O3Si2. The Balaban J connectivity index is 1.19. The quantitative estimate of drug-likeness (QED) is 0.0789. The van der Waals surface area contributed by atoms with Crippen LogP contribution < -0.4 is 29.2 Å². The summed E-state index contributed by atoms with van der Waals surface area (Å²) in [5.41, 5.74) is 6.16. The van der Waals surface area contributed by atoms with Gasteiger partial charge in [-0.05, 0) is 101 Å². The molecule has 0 unspecified atom stereocenters. The largest absolute Gasteiger partial charge is 0.534 e. The van der Waals surface area contributed by atoms with Crippen molar-refractivity contribution in [3.05, 3.63) is 96.3 Å². The molecule has 386 valence electrons. The number of hydrogen-bond donors (Lipinski definition) is 0. The van der Waals surface area contributed by atoms with Crippen LogP contribution >= 0.6 is 0 Å². The number of aromatic nitrogens is 4. The molecule has 0 spiro atoms. The molecule has 4 aromatic carbocycles. The zero-order valence-electron chi connectivity index (χ0n) is 44.7. The van der Waals surface area contributed by atoms with E-state index in [1.54, 1.807) is 6.07 Å². The van der Waals surface area contributed by atoms with Crippen molar-refractivity contribution in [3.8, 4) is 35.0 Å². The molecule has 0 N–H and O–H groups in total. The zero-order chi connectivity index (χ0) is 51.3. The predicted octanol–water partition coefficient (Wildman–Crippen LogP) is 13.5. The summed E-state index contributed by atoms with van der Waals surface area (Å²) in [6.07, 6.45) is 8.86. The zero-order valence-corrected chi connectivity index (χ0v) is 46.7. The number of halogens is 2. The summed E-state index contributed by atoms with van der Waals surface area (Å²) >= 11 is 0. The maximum Gasteiger partial charge on any atom is 0.320 e. The van der Waals surface area contributed by atoms with Gasteiger partial charge in [-0.3, -0.25) is 9.47 Å². The maximum atomic E-state index is 17.0. The standard InChI is InChI=1S/C60H76F2N6O3Si2/c1-41(2)72(42(3)4,43(5)6)35-30-50-51(62)29-28-44-36-47(71-73(59(7,8)9,48-24-14-12-15-25-48)49-26-16-13-17-27-49)37-52(53(44)50)70-58-64-55-54(68(58)46-22-20-23-46)56(66-32-18-10-11-19-33-66)65-57(63-55)69-40-60-31-21-34-67(60)39-45(61)38-60/h12-17,24-29,36-37,41-43,45-46H,10-11,18-23,31-34,38-40H2,1-9H3/t45-,60+/m1/s1. The lowest BCUT2D eigenvalue weighted by molar-refractivity contribution is 0.107. The minimum Gasteiger partial charge on any atom is -0.534 e. The summed E-state index contributed by atoms with van der Waals surface area (Å²) in [6.45, 7) is 23.8. The first-order valence-electron chi connectivity index (χ1n) is 27.4. The second-order valence-electron chi connectivity index (χ2n) is 23.6. The molecule has 73 heavy (non-hydrogen) atoms. The van der Waals surface area contributed by atoms with Gasteiger partial charge in [-0.15, -0.1) is 5.54 Å². The number of benzene rings is 4. The molecule has 3 saturated heterocycles. The SMILES string of the molecule is CC(C)[Si](C#Cc1c(F)ccc2cc(O[Si](c3ccccc3)(c3ccccc3)C(C)(C)C)cc(Oc3nc4nc(OC[C@@]56CCCN5C[C@H](F)C6)nc(N5CCCCCC5)c4n3C3CCC3)c12)(C(C)C)C(C)C. The van der Waals surface area contributed by atoms with Crippen molar-refractivity contribution in [1.82, 2.24) is 24.4 Å². The third-order valence-corrected chi connectivity index (χ3v) is 28.5. The van der Waals surface area contributed by atoms with Gasteiger partial charge in [0.2, 0.25) is 0 Å². The fourth-order valence-electron chi connectivity index (χ4n) is 13.4. The maximum absolute atomic E-state index is 17.0. The number of rotatable bonds is 14. The molecule has 9 nitrogen and oxygen atoms in total. The summed E-state index contributed by atoms with van der Waals surface area (Å²) in [4.78, 5) is 20.3. The Bertz CT molecular complexity index is 2930. The number of imidazole rings is 1. The topological polar surface area (TPSA) is 77.8 Å². The van der Waals surface area contributed by atoms with Crippen molar-refractivity contribution in [2.24, 2.45) is 0 Å². The second-order valence-corrected chi connectivity index (χ2v) is 33.4. The fraction of sp³-hybridized carbons (Fsp3) is 0.517. The van der Waals surface area contributed by atoms with Gasteiger partial charge >= 0.3 is 20.3 Å². The number of fused-ring (bicyclic) bond motifs is 3. The van der Waals surface area contributed by atoms with Crippen molar-refractivity contribution < 1.29 is 22.7 Å². The molecule has 13 heteroatoms. The highest BCUT2D eigenvalue weighted by Gasteiger charge is 2.53. The van der Waals surface area contributed by atoms with Gasteiger partial charge in [0.15, 0.2) is 11.5 Å². The van der Waals surface area contributed by atoms with E-state index in [9.17, 15) is 4.39 Å². The number of hydrogen-bond acceptors (Lipinski definition) is 8. The Kier molecular flexibility index (Phi) is 14.3. The Morgan fingerprint density at radius 1 is 0.781 bits per heavy atom. The second kappa shape index (κ2) is 20.4. The third-order valence-electron chi connectivity index (χ3n) is 17.2. The average Bonchev–Trinajstić information content (AvgIpc) is 3.89. The van der Waals surface area contributed by atoms with E-state index in [0.717, 1.165) is 105 Å². The molecule has 4 fully saturated rings. The van der Waals surface area contributed by atoms with Crippen molar-refractivity contribution in [1.29, 1.82) is 0 Å². The monoisotopic (exact) mass is 1020 g/mol. The summed E-state index contributed by atoms with van der Waals surface area (Å²) in [7, 11) is -5.46. The highest BCUT2D eigenvalue weighted by molar-refractivity contribution is 7.00. The van der Waals surface area contributed by atoms with Gasteiger partial charge in [-0.1, -0.05) is 148 Å². The molecule has 6 aromatic rings. The Morgan fingerprint density at radius 2 is 1.44 bits per heavy atom. The molecule has 1 aliphatic carbocycles. The number of anilines is 1. The van der Waals surface area contributed by atoms with Crippen LogP contribution in [0.1, 0.15) is 138 Å². The first kappa shape index (κ1) is 51.2. The van der Waals surface area contributed by atoms with Crippen molar-refractivity contribution in [2.45, 2.75) is 166 Å². The molecule has 2 aromatic heterocycles. The molecule has 0 amide bonds. The Morgan fingerprint density at radius 3 is 2.04 bits per heavy atom. The van der Waals surface area contributed by atoms with Crippen LogP contribution in [0.15, 0.2) is 84.9 Å². The van der Waals surface area contributed by atoms with Crippen LogP contribution in [0.4, 0.5) is 14.6 Å². The van der Waals surface area contributed by atoms with Gasteiger partial charge in [0, 0.05) is 43.5 Å². The molecule has 0 radical (unpaired) electrons. The van der Waals surface area contributed by atoms with Crippen LogP contribution in [-0.2, 0) is 0 Å². The summed E-state index contributed by atoms with van der Waals surface area (Å²) < 4.78 is 55.9. The van der Waals surface area contributed by atoms with Crippen LogP contribution in [-0.4, -0.2) is 85.3 Å². The van der Waals surface area contributed by atoms with Crippen LogP contribution in [0.2, 0.25) is 21.7 Å². The van der Waals surface area contributed by atoms with E-state index in [-0.39, 0.29) is 22.6 Å². The lowest BCUT2D eigenvalue weighted by Gasteiger charge is -2.43. The number of alkyl halides is 1. The molecular weight excluding hydrogens is 947 g/mol. The Labute approximate surface area is 434 Å². The molecule has 3 aliphatic heterocycles. The summed E-state index contributed by atoms with van der Waals surface area (Å²) in [5, 5.41) is 3.30. The van der Waals surface area contributed by atoms with Crippen LogP contribution in [0.5, 0.6) is 23.5 Å². The first-order valence-corrected chi connectivity index (χ1v) is 31.5. The highest BCUT2D eigenvalue weighted by Crippen LogP contribution is 2.47. The van der Waals surface area contributed by atoms with Crippen molar-refractivity contribution in [2.75, 3.05) is 37.7 Å². The van der Waals surface area contributed by atoms with Crippen LogP contribution in [0.3, 0.4) is 0 Å². The summed E-state index contributed by atoms with van der Waals surface area (Å²) in [6, 6.07) is 29.3. The molecule has 2 atom stereocenters. The third kappa shape index (κ3) is 9.36. The lowest BCUT2D eigenvalue weighted by Crippen LogP contribution is -2.68. The fourth-order valence-corrected chi connectivity index (χ4v) is 23.0. The van der Waals surface area contributed by atoms with E-state index < -0.39 is 28.4 Å². The summed E-state index contributed by atoms with van der Waals surface area (Å²) in [5.74, 6) is 4.97. The van der Waals surface area contributed by atoms with Gasteiger partial charge in [-0.2, -0.15) is 15.0 Å². The number of ether oxygens (including phenoxy) is 2. The average molecular weight is 1020 g/mol. The molecule has 1 saturated carbocycles. The van der Waals surface area contributed by atoms with Crippen molar-refractivity contribution in [3.63, 3.8) is 0 Å². The van der Waals surface area contributed by atoms with E-state index in [1.165, 1.54) is 0 Å². The molecule has 0 bridgehead atoms. The van der Waals surface area contributed by atoms with Gasteiger partial charge in [0.25, 0.3) is 0 Å². The van der Waals surface area contributed by atoms with E-state index in [2.05, 4.69) is 149 Å². The van der Waals surface area contributed by atoms with Crippen LogP contribution in [0.25, 0.3) is 21.9 Å². The van der Waals surface area contributed by atoms with Gasteiger partial charge < -0.3 is 18.8 Å². The first-order chi connectivity index (χ1) is 35.0. The van der Waals surface area contributed by atoms with Crippen molar-refractivity contribution >= 4 is 54.5 Å². The van der Waals surface area contributed by atoms with Gasteiger partial charge in [-0.25, -0.2) is 8.78 Å². The van der Waals surface area contributed by atoms with E-state index in [1.807, 2.05) is 18.2 Å². The van der Waals surface area contributed by atoms with E-state index in [4.69, 9.17) is 28.9 Å². The van der Waals surface area contributed by atoms with E-state index in [0.29, 0.717) is 70.3 Å². The van der Waals surface area contributed by atoms with Gasteiger partial charge in [0.05, 0.1) is 11.1 Å². The lowest BCUT2D eigenvalue weighted by atomic mass is 9.93. The molecule has 10 rings (SSSR count). The molecule has 5 heterocycles.